The maximum atomic E-state index is 13.7. The summed E-state index contributed by atoms with van der Waals surface area (Å²) in [7, 11) is -8.00. The van der Waals surface area contributed by atoms with Gasteiger partial charge in [-0.3, -0.25) is 4.72 Å². The van der Waals surface area contributed by atoms with Crippen LogP contribution in [0.25, 0.3) is 0 Å². The Morgan fingerprint density at radius 2 is 0.649 bits per heavy atom. The van der Waals surface area contributed by atoms with Gasteiger partial charge in [0, 0.05) is 77.0 Å². The van der Waals surface area contributed by atoms with Crippen molar-refractivity contribution in [3.8, 4) is 0 Å². The topological polar surface area (TPSA) is 300 Å². The third-order valence-electron chi connectivity index (χ3n) is 16.7. The average Bonchev–Trinajstić information content (AvgIpc) is 0.765. The standard InChI is InChI=1S/C31H47N3O6S2.C21H33ClN2O6S2.C10H12Cl2O4S2.2CH4/c1-20-21(2)27(41(36,37)32-19-24-15-17-34(18-16-24)29(35)40-31(8,9)10)23(4)28(22(20)3)42(38,39)33-26-13-11-25(12-14-26)30(5,6)7;1-13-14(2)18(31(22,26)27)16(4)19(15(13)3)32(28,29)23-12-17-8-10-24(11-9-17)20(25)30-21(5,6)7;1-5-6(2)9(17(11,13)14)8(4)10(7(5)3)18(12,15)16;;/h11-14,24,32-33H,15-19H2,1-10H3;17,23H,8-12H2,1-7H3;1-4H3;2*1H4. The molecule has 6 rings (SSSR count). The summed E-state index contributed by atoms with van der Waals surface area (Å²) in [6.07, 6.45) is 1.79. The number of ether oxygens (including phenoxy) is 2. The molecular formula is C64H100Cl3N5O16S6. The number of halogens is 3. The van der Waals surface area contributed by atoms with Gasteiger partial charge in [-0.2, -0.15) is 0 Å². The van der Waals surface area contributed by atoms with Crippen molar-refractivity contribution in [3.63, 3.8) is 0 Å². The van der Waals surface area contributed by atoms with Crippen molar-refractivity contribution in [2.24, 2.45) is 11.8 Å². The number of sulfonamides is 3. The molecule has 0 aromatic heterocycles. The maximum absolute atomic E-state index is 13.7. The van der Waals surface area contributed by atoms with Crippen molar-refractivity contribution < 1.29 is 69.6 Å². The Kier molecular flexibility index (Phi) is 28.9. The molecule has 0 radical (unpaired) electrons. The van der Waals surface area contributed by atoms with Gasteiger partial charge in [-0.25, -0.2) is 69.5 Å². The second-order valence-electron chi connectivity index (χ2n) is 26.7. The molecule has 94 heavy (non-hydrogen) atoms. The summed E-state index contributed by atoms with van der Waals surface area (Å²) in [4.78, 5) is 27.2. The van der Waals surface area contributed by atoms with E-state index in [9.17, 15) is 60.1 Å². The Morgan fingerprint density at radius 1 is 0.404 bits per heavy atom. The van der Waals surface area contributed by atoms with Crippen LogP contribution in [0.4, 0.5) is 15.3 Å². The quantitative estimate of drug-likeness (QED) is 0.0988. The third-order valence-corrected chi connectivity index (χ3v) is 26.4. The van der Waals surface area contributed by atoms with E-state index < -0.39 is 68.4 Å². The number of nitrogens with one attached hydrogen (secondary N) is 3. The Labute approximate surface area is 576 Å². The molecule has 2 aliphatic rings. The first-order chi connectivity index (χ1) is 41.5. The van der Waals surface area contributed by atoms with Crippen LogP contribution in [0.1, 0.15) is 175 Å². The predicted molar refractivity (Wildman–Crippen MR) is 376 cm³/mol. The van der Waals surface area contributed by atoms with Gasteiger partial charge in [0.25, 0.3) is 37.2 Å². The van der Waals surface area contributed by atoms with Gasteiger partial charge in [0.05, 0.1) is 29.4 Å². The molecule has 0 unspecified atom stereocenters. The van der Waals surface area contributed by atoms with Crippen molar-refractivity contribution in [1.29, 1.82) is 0 Å². The molecule has 2 heterocycles. The predicted octanol–water partition coefficient (Wildman–Crippen LogP) is 13.8. The minimum absolute atomic E-state index is 0. The number of carbonyl (C=O) groups is 2. The lowest BCUT2D eigenvalue weighted by atomic mass is 9.87. The number of benzene rings is 4. The molecule has 0 saturated carbocycles. The van der Waals surface area contributed by atoms with Crippen LogP contribution in [-0.2, 0) is 72.1 Å². The van der Waals surface area contributed by atoms with E-state index in [1.165, 1.54) is 13.8 Å². The average molecular weight is 1490 g/mol. The molecule has 0 atom stereocenters. The van der Waals surface area contributed by atoms with Crippen molar-refractivity contribution >= 4 is 107 Å². The largest absolute Gasteiger partial charge is 0.444 e. The Hall–Kier alpha value is -4.29. The van der Waals surface area contributed by atoms with Crippen molar-refractivity contribution in [3.05, 3.63) is 96.6 Å². The maximum Gasteiger partial charge on any atom is 0.410 e. The number of hydrogen-bond donors (Lipinski definition) is 3. The van der Waals surface area contributed by atoms with E-state index in [0.29, 0.717) is 108 Å². The second kappa shape index (κ2) is 31.7. The van der Waals surface area contributed by atoms with Gasteiger partial charge in [-0.05, 0) is 252 Å². The molecule has 4 aromatic carbocycles. The van der Waals surface area contributed by atoms with E-state index in [0.717, 1.165) is 5.56 Å². The Bertz CT molecular complexity index is 4130. The van der Waals surface area contributed by atoms with E-state index in [2.05, 4.69) is 34.9 Å². The van der Waals surface area contributed by atoms with Gasteiger partial charge in [-0.15, -0.1) is 0 Å². The molecule has 534 valence electrons. The van der Waals surface area contributed by atoms with Gasteiger partial charge in [-0.1, -0.05) is 47.8 Å². The molecule has 2 saturated heterocycles. The number of nitrogens with zero attached hydrogens (tertiary/aromatic N) is 2. The van der Waals surface area contributed by atoms with E-state index in [1.807, 2.05) is 53.7 Å². The minimum atomic E-state index is -4.12. The number of amides is 2. The summed E-state index contributed by atoms with van der Waals surface area (Å²) in [5.41, 5.74) is 5.16. The number of likely N-dealkylation sites (tertiary alicyclic amines) is 2. The summed E-state index contributed by atoms with van der Waals surface area (Å²) < 4.78 is 170. The molecule has 0 bridgehead atoms. The molecule has 2 amide bonds. The normalized spacial score (nSPS) is 14.9. The fourth-order valence-electron chi connectivity index (χ4n) is 11.3. The summed E-state index contributed by atoms with van der Waals surface area (Å²) >= 11 is 0. The van der Waals surface area contributed by atoms with Crippen LogP contribution in [0, 0.1) is 94.9 Å². The van der Waals surface area contributed by atoms with Crippen LogP contribution in [0.3, 0.4) is 0 Å². The van der Waals surface area contributed by atoms with Crippen molar-refractivity contribution in [2.75, 3.05) is 44.0 Å². The molecule has 0 spiro atoms. The lowest BCUT2D eigenvalue weighted by Crippen LogP contribution is -2.43. The van der Waals surface area contributed by atoms with Crippen LogP contribution in [0.15, 0.2) is 53.6 Å². The monoisotopic (exact) mass is 1490 g/mol. The zero-order valence-electron chi connectivity index (χ0n) is 56.5. The van der Waals surface area contributed by atoms with Crippen LogP contribution in [0.2, 0.25) is 0 Å². The first kappa shape index (κ1) is 85.8. The first-order valence-electron chi connectivity index (χ1n) is 29.7. The van der Waals surface area contributed by atoms with Gasteiger partial charge in [0.15, 0.2) is 0 Å². The highest BCUT2D eigenvalue weighted by Crippen LogP contribution is 2.39. The lowest BCUT2D eigenvalue weighted by molar-refractivity contribution is 0.0175. The van der Waals surface area contributed by atoms with Crippen LogP contribution in [-0.4, -0.2) is 123 Å². The number of rotatable bonds is 14. The molecule has 0 aliphatic carbocycles. The number of anilines is 1. The number of hydrogen-bond acceptors (Lipinski definition) is 16. The fraction of sp³-hybridized carbons (Fsp3) is 0.594. The van der Waals surface area contributed by atoms with Gasteiger partial charge in [0.2, 0.25) is 20.0 Å². The van der Waals surface area contributed by atoms with Crippen molar-refractivity contribution in [1.82, 2.24) is 19.2 Å². The highest BCUT2D eigenvalue weighted by Gasteiger charge is 2.35. The van der Waals surface area contributed by atoms with Gasteiger partial charge in [0.1, 0.15) is 11.2 Å². The van der Waals surface area contributed by atoms with E-state index in [-0.39, 0.29) is 103 Å². The highest BCUT2D eigenvalue weighted by atomic mass is 35.7. The molecule has 3 N–H and O–H groups in total. The molecule has 2 aliphatic heterocycles. The van der Waals surface area contributed by atoms with Crippen LogP contribution in [0.5, 0.6) is 0 Å². The van der Waals surface area contributed by atoms with Gasteiger partial charge < -0.3 is 19.3 Å². The van der Waals surface area contributed by atoms with E-state index >= 15 is 0 Å². The van der Waals surface area contributed by atoms with E-state index in [1.54, 1.807) is 91.2 Å². The summed E-state index contributed by atoms with van der Waals surface area (Å²) in [6, 6.07) is 7.21. The Morgan fingerprint density at radius 3 is 0.904 bits per heavy atom. The number of piperidine rings is 2. The minimum Gasteiger partial charge on any atom is -0.444 e. The zero-order valence-corrected chi connectivity index (χ0v) is 63.7. The van der Waals surface area contributed by atoms with Gasteiger partial charge >= 0.3 is 12.2 Å². The van der Waals surface area contributed by atoms with Crippen LogP contribution < -0.4 is 14.2 Å². The Balaban J connectivity index is 0.000000511. The molecule has 4 aromatic rings. The third kappa shape index (κ3) is 21.6. The lowest BCUT2D eigenvalue weighted by Gasteiger charge is -2.33. The smallest absolute Gasteiger partial charge is 0.410 e. The number of carbonyl (C=O) groups excluding carboxylic acids is 2. The molecule has 2 fully saturated rings. The van der Waals surface area contributed by atoms with Crippen molar-refractivity contribution in [2.45, 2.75) is 232 Å². The SMILES string of the molecule is C.C.Cc1c(C)c(S(=O)(=O)Cl)c(C)c(S(=O)(=O)Cl)c1C.Cc1c(C)c(S(=O)(=O)Cl)c(C)c(S(=O)(=O)NCC2CCN(C(=O)OC(C)(C)C)CC2)c1C.Cc1c(C)c(S(=O)(=O)NCC2CCN(C(=O)OC(C)(C)C)CC2)c(C)c(S(=O)(=O)Nc2ccc(C(C)(C)C)cc2)c1C. The molecular weight excluding hydrogens is 1390 g/mol. The molecule has 30 heteroatoms. The second-order valence-corrected chi connectivity index (χ2v) is 39.3. The highest BCUT2D eigenvalue weighted by molar-refractivity contribution is 8.14. The fourth-order valence-corrected chi connectivity index (χ4v) is 21.5. The summed E-state index contributed by atoms with van der Waals surface area (Å²) in [6.45, 7) is 38.7. The molecule has 21 nitrogen and oxygen atoms in total. The summed E-state index contributed by atoms with van der Waals surface area (Å²) in [5, 5.41) is 0. The first-order valence-corrected chi connectivity index (χ1v) is 41.1. The zero-order chi connectivity index (χ0) is 70.9. The van der Waals surface area contributed by atoms with E-state index in [4.69, 9.17) is 41.5 Å². The van der Waals surface area contributed by atoms with Crippen LogP contribution >= 0.6 is 32.0 Å². The summed E-state index contributed by atoms with van der Waals surface area (Å²) in [5.74, 6) is 0.0819.